The van der Waals surface area contributed by atoms with Crippen LogP contribution in [0.1, 0.15) is 18.4 Å². The summed E-state index contributed by atoms with van der Waals surface area (Å²) >= 11 is 3.44. The van der Waals surface area contributed by atoms with Gasteiger partial charge in [0.1, 0.15) is 6.07 Å². The van der Waals surface area contributed by atoms with Crippen molar-refractivity contribution in [2.45, 2.75) is 12.8 Å². The number of nitrogens with one attached hydrogen (secondary N) is 1. The molecule has 0 bridgehead atoms. The molecular weight excluding hydrogens is 290 g/mol. The summed E-state index contributed by atoms with van der Waals surface area (Å²) in [6, 6.07) is 8.07. The zero-order chi connectivity index (χ0) is 13.0. The summed E-state index contributed by atoms with van der Waals surface area (Å²) in [4.78, 5) is 2.27. The van der Waals surface area contributed by atoms with E-state index < -0.39 is 0 Å². The quantitative estimate of drug-likeness (QED) is 0.933. The molecule has 0 spiro atoms. The Morgan fingerprint density at radius 1 is 1.56 bits per heavy atom. The van der Waals surface area contributed by atoms with Gasteiger partial charge < -0.3 is 10.2 Å². The average Bonchev–Trinajstić information content (AvgIpc) is 2.39. The Balaban J connectivity index is 2.02. The highest BCUT2D eigenvalue weighted by atomic mass is 79.9. The molecule has 1 aliphatic rings. The smallest absolute Gasteiger partial charge is 0.100 e. The van der Waals surface area contributed by atoms with Gasteiger partial charge in [0.25, 0.3) is 0 Å². The van der Waals surface area contributed by atoms with E-state index in [1.165, 1.54) is 12.8 Å². The molecule has 1 N–H and O–H groups in total. The third-order valence-electron chi connectivity index (χ3n) is 3.44. The number of rotatable bonds is 3. The van der Waals surface area contributed by atoms with Crippen LogP contribution in [0.2, 0.25) is 0 Å². The molecule has 4 heteroatoms. The Morgan fingerprint density at radius 2 is 2.39 bits per heavy atom. The second-order valence-corrected chi connectivity index (χ2v) is 5.72. The molecule has 1 aliphatic heterocycles. The average molecular weight is 308 g/mol. The van der Waals surface area contributed by atoms with E-state index >= 15 is 0 Å². The van der Waals surface area contributed by atoms with E-state index in [1.807, 2.05) is 18.2 Å². The minimum atomic E-state index is 0.687. The molecule has 18 heavy (non-hydrogen) atoms. The van der Waals surface area contributed by atoms with Crippen LogP contribution in [-0.4, -0.2) is 26.7 Å². The first-order valence-electron chi connectivity index (χ1n) is 6.32. The minimum Gasteiger partial charge on any atom is -0.374 e. The van der Waals surface area contributed by atoms with Crippen LogP contribution in [0.4, 0.5) is 5.69 Å². The van der Waals surface area contributed by atoms with E-state index in [4.69, 9.17) is 5.26 Å². The van der Waals surface area contributed by atoms with Gasteiger partial charge in [-0.25, -0.2) is 0 Å². The maximum atomic E-state index is 8.91. The molecule has 1 atom stereocenters. The van der Waals surface area contributed by atoms with Crippen LogP contribution in [0.5, 0.6) is 0 Å². The minimum absolute atomic E-state index is 0.687. The van der Waals surface area contributed by atoms with Gasteiger partial charge in [-0.3, -0.25) is 0 Å². The van der Waals surface area contributed by atoms with Crippen LogP contribution in [-0.2, 0) is 0 Å². The third-order valence-corrected chi connectivity index (χ3v) is 4.10. The second kappa shape index (κ2) is 6.21. The molecule has 0 amide bonds. The van der Waals surface area contributed by atoms with Crippen molar-refractivity contribution in [3.8, 4) is 6.07 Å². The van der Waals surface area contributed by atoms with Gasteiger partial charge in [0.2, 0.25) is 0 Å². The maximum absolute atomic E-state index is 8.91. The molecule has 0 aromatic heterocycles. The highest BCUT2D eigenvalue weighted by Gasteiger charge is 2.15. The van der Waals surface area contributed by atoms with Crippen LogP contribution >= 0.6 is 15.9 Å². The van der Waals surface area contributed by atoms with Crippen molar-refractivity contribution in [2.75, 3.05) is 31.6 Å². The zero-order valence-corrected chi connectivity index (χ0v) is 12.2. The summed E-state index contributed by atoms with van der Waals surface area (Å²) in [5, 5.41) is 12.3. The van der Waals surface area contributed by atoms with Crippen LogP contribution in [0, 0.1) is 17.2 Å². The van der Waals surface area contributed by atoms with Gasteiger partial charge in [-0.05, 0) is 66.0 Å². The maximum Gasteiger partial charge on any atom is 0.100 e. The Kier molecular flexibility index (Phi) is 4.62. The summed E-state index contributed by atoms with van der Waals surface area (Å²) in [6.45, 7) is 3.33. The Morgan fingerprint density at radius 3 is 3.00 bits per heavy atom. The van der Waals surface area contributed by atoms with Gasteiger partial charge >= 0.3 is 0 Å². The molecule has 3 nitrogen and oxygen atoms in total. The van der Waals surface area contributed by atoms with E-state index in [-0.39, 0.29) is 0 Å². The van der Waals surface area contributed by atoms with E-state index in [9.17, 15) is 0 Å². The fourth-order valence-electron chi connectivity index (χ4n) is 2.40. The highest BCUT2D eigenvalue weighted by molar-refractivity contribution is 9.10. The van der Waals surface area contributed by atoms with E-state index in [2.05, 4.69) is 39.3 Å². The van der Waals surface area contributed by atoms with Crippen LogP contribution < -0.4 is 10.2 Å². The van der Waals surface area contributed by atoms with Gasteiger partial charge in [0.15, 0.2) is 0 Å². The van der Waals surface area contributed by atoms with Crippen LogP contribution in [0.25, 0.3) is 0 Å². The molecule has 0 saturated carbocycles. The number of benzene rings is 1. The standard InChI is InChI=1S/C14H18BrN3/c1-18(10-11-3-2-6-17-9-11)13-5-4-12(8-16)14(15)7-13/h4-5,7,11,17H,2-3,6,9-10H2,1H3. The number of hydrogen-bond donors (Lipinski definition) is 1. The molecule has 2 rings (SSSR count). The fraction of sp³-hybridized carbons (Fsp3) is 0.500. The number of piperidine rings is 1. The summed E-state index contributed by atoms with van der Waals surface area (Å²) in [5.74, 6) is 0.721. The lowest BCUT2D eigenvalue weighted by Crippen LogP contribution is -2.36. The van der Waals surface area contributed by atoms with Crippen molar-refractivity contribution in [2.24, 2.45) is 5.92 Å². The molecule has 0 aliphatic carbocycles. The molecule has 1 aromatic rings. The van der Waals surface area contributed by atoms with Crippen molar-refractivity contribution in [3.05, 3.63) is 28.2 Å². The summed E-state index contributed by atoms with van der Waals surface area (Å²) in [7, 11) is 2.11. The van der Waals surface area contributed by atoms with Crippen molar-refractivity contribution < 1.29 is 0 Å². The number of nitrogens with zero attached hydrogens (tertiary/aromatic N) is 2. The molecular formula is C14H18BrN3. The van der Waals surface area contributed by atoms with Gasteiger partial charge in [0, 0.05) is 23.8 Å². The van der Waals surface area contributed by atoms with E-state index in [0.717, 1.165) is 35.7 Å². The lowest BCUT2D eigenvalue weighted by Gasteiger charge is -2.29. The summed E-state index contributed by atoms with van der Waals surface area (Å²) in [5.41, 5.74) is 1.85. The molecule has 1 heterocycles. The van der Waals surface area contributed by atoms with Gasteiger partial charge in [-0.15, -0.1) is 0 Å². The molecule has 0 radical (unpaired) electrons. The van der Waals surface area contributed by atoms with Crippen molar-refractivity contribution in [3.63, 3.8) is 0 Å². The van der Waals surface area contributed by atoms with Crippen LogP contribution in [0.15, 0.2) is 22.7 Å². The van der Waals surface area contributed by atoms with Gasteiger partial charge in [-0.2, -0.15) is 5.26 Å². The van der Waals surface area contributed by atoms with Gasteiger partial charge in [0.05, 0.1) is 5.56 Å². The number of hydrogen-bond acceptors (Lipinski definition) is 3. The van der Waals surface area contributed by atoms with Crippen molar-refractivity contribution in [1.29, 1.82) is 5.26 Å². The van der Waals surface area contributed by atoms with E-state index in [0.29, 0.717) is 5.56 Å². The van der Waals surface area contributed by atoms with Crippen LogP contribution in [0.3, 0.4) is 0 Å². The summed E-state index contributed by atoms with van der Waals surface area (Å²) in [6.07, 6.45) is 2.57. The number of nitriles is 1. The molecule has 96 valence electrons. The lowest BCUT2D eigenvalue weighted by molar-refractivity contribution is 0.381. The molecule has 1 unspecified atom stereocenters. The van der Waals surface area contributed by atoms with Gasteiger partial charge in [-0.1, -0.05) is 0 Å². The largest absolute Gasteiger partial charge is 0.374 e. The Bertz CT molecular complexity index is 447. The van der Waals surface area contributed by atoms with Crippen molar-refractivity contribution in [1.82, 2.24) is 5.32 Å². The summed E-state index contributed by atoms with van der Waals surface area (Å²) < 4.78 is 0.871. The third kappa shape index (κ3) is 3.24. The first kappa shape index (κ1) is 13.4. The first-order chi connectivity index (χ1) is 8.70. The predicted octanol–water partition coefficient (Wildman–Crippen LogP) is 2.76. The second-order valence-electron chi connectivity index (χ2n) is 4.87. The molecule has 1 saturated heterocycles. The SMILES string of the molecule is CN(CC1CCCNC1)c1ccc(C#N)c(Br)c1. The Labute approximate surface area is 117 Å². The number of anilines is 1. The number of halogens is 1. The molecule has 1 fully saturated rings. The first-order valence-corrected chi connectivity index (χ1v) is 7.11. The highest BCUT2D eigenvalue weighted by Crippen LogP contribution is 2.24. The predicted molar refractivity (Wildman–Crippen MR) is 77.7 cm³/mol. The Hall–Kier alpha value is -1.05. The lowest BCUT2D eigenvalue weighted by atomic mass is 9.99. The normalized spacial score (nSPS) is 19.3. The van der Waals surface area contributed by atoms with E-state index in [1.54, 1.807) is 0 Å². The fourth-order valence-corrected chi connectivity index (χ4v) is 2.86. The monoisotopic (exact) mass is 307 g/mol. The molecule has 1 aromatic carbocycles. The topological polar surface area (TPSA) is 39.1 Å². The van der Waals surface area contributed by atoms with Crippen molar-refractivity contribution >= 4 is 21.6 Å². The zero-order valence-electron chi connectivity index (χ0n) is 10.6.